The lowest BCUT2D eigenvalue weighted by Crippen LogP contribution is -2.34. The Labute approximate surface area is 127 Å². The first-order valence-corrected chi connectivity index (χ1v) is 9.24. The minimum atomic E-state index is -3.46. The minimum Gasteiger partial charge on any atom is -0.330 e. The average molecular weight is 314 g/mol. The van der Waals surface area contributed by atoms with Gasteiger partial charge in [0.2, 0.25) is 10.0 Å². The number of hydrogen-bond acceptors (Lipinski definition) is 4. The Balaban J connectivity index is 1.99. The molecule has 0 spiro atoms. The van der Waals surface area contributed by atoms with Crippen molar-refractivity contribution in [3.63, 3.8) is 0 Å². The summed E-state index contributed by atoms with van der Waals surface area (Å²) in [6, 6.07) is 0.0485. The van der Waals surface area contributed by atoms with Crippen LogP contribution in [0.15, 0.2) is 17.3 Å². The third kappa shape index (κ3) is 4.79. The minimum absolute atomic E-state index is 0.0485. The Morgan fingerprint density at radius 3 is 2.95 bits per heavy atom. The summed E-state index contributed by atoms with van der Waals surface area (Å²) >= 11 is 0. The molecule has 0 aromatic carbocycles. The van der Waals surface area contributed by atoms with Crippen molar-refractivity contribution in [1.82, 2.24) is 14.5 Å². The molecule has 3 N–H and O–H groups in total. The molecule has 1 heterocycles. The molecule has 1 aromatic heterocycles. The molecular formula is C14H26N4O2S. The average Bonchev–Trinajstić information content (AvgIpc) is 2.83. The van der Waals surface area contributed by atoms with Crippen LogP contribution in [0.4, 0.5) is 0 Å². The number of sulfonamides is 1. The molecule has 0 amide bonds. The van der Waals surface area contributed by atoms with Crippen molar-refractivity contribution in [1.29, 1.82) is 0 Å². The van der Waals surface area contributed by atoms with Crippen LogP contribution in [0.2, 0.25) is 0 Å². The molecule has 2 rings (SSSR count). The maximum absolute atomic E-state index is 12.4. The number of nitrogens with one attached hydrogen (secondary N) is 1. The zero-order valence-corrected chi connectivity index (χ0v) is 13.5. The van der Waals surface area contributed by atoms with Crippen LogP contribution >= 0.6 is 0 Å². The van der Waals surface area contributed by atoms with Crippen LogP contribution in [0, 0.1) is 5.92 Å². The van der Waals surface area contributed by atoms with Gasteiger partial charge in [-0.05, 0) is 38.1 Å². The second-order valence-corrected chi connectivity index (χ2v) is 7.73. The van der Waals surface area contributed by atoms with Gasteiger partial charge in [-0.15, -0.1) is 0 Å². The number of hydrogen-bond donors (Lipinski definition) is 2. The maximum atomic E-state index is 12.4. The van der Waals surface area contributed by atoms with E-state index >= 15 is 0 Å². The largest absolute Gasteiger partial charge is 0.330 e. The Morgan fingerprint density at radius 1 is 1.38 bits per heavy atom. The quantitative estimate of drug-likeness (QED) is 0.778. The normalized spacial score (nSPS) is 23.9. The monoisotopic (exact) mass is 314 g/mol. The summed E-state index contributed by atoms with van der Waals surface area (Å²) in [4.78, 5) is 0.247. The van der Waals surface area contributed by atoms with E-state index in [4.69, 9.17) is 5.73 Å². The SMILES string of the molecule is CC1CCCC(NS(=O)(=O)c2cnn(CCCN)c2)CC1. The zero-order valence-electron chi connectivity index (χ0n) is 12.7. The third-order valence-electron chi connectivity index (χ3n) is 4.09. The van der Waals surface area contributed by atoms with E-state index in [1.807, 2.05) is 0 Å². The first-order valence-electron chi connectivity index (χ1n) is 7.76. The Morgan fingerprint density at radius 2 is 2.19 bits per heavy atom. The topological polar surface area (TPSA) is 90.0 Å². The van der Waals surface area contributed by atoms with Gasteiger partial charge in [0.1, 0.15) is 4.90 Å². The summed E-state index contributed by atoms with van der Waals surface area (Å²) in [5, 5.41) is 4.09. The van der Waals surface area contributed by atoms with Gasteiger partial charge in [0.15, 0.2) is 0 Å². The highest BCUT2D eigenvalue weighted by atomic mass is 32.2. The number of nitrogens with zero attached hydrogens (tertiary/aromatic N) is 2. The fourth-order valence-electron chi connectivity index (χ4n) is 2.75. The van der Waals surface area contributed by atoms with E-state index in [2.05, 4.69) is 16.7 Å². The van der Waals surface area contributed by atoms with Gasteiger partial charge >= 0.3 is 0 Å². The lowest BCUT2D eigenvalue weighted by Gasteiger charge is -2.15. The predicted molar refractivity (Wildman–Crippen MR) is 82.3 cm³/mol. The fourth-order valence-corrected chi connectivity index (χ4v) is 4.01. The van der Waals surface area contributed by atoms with E-state index in [0.29, 0.717) is 19.0 Å². The molecule has 0 bridgehead atoms. The number of nitrogens with two attached hydrogens (primary N) is 1. The van der Waals surface area contributed by atoms with Crippen molar-refractivity contribution in [3.8, 4) is 0 Å². The third-order valence-corrected chi connectivity index (χ3v) is 5.57. The predicted octanol–water partition coefficient (Wildman–Crippen LogP) is 1.48. The van der Waals surface area contributed by atoms with Crippen LogP contribution in [-0.2, 0) is 16.6 Å². The number of aryl methyl sites for hydroxylation is 1. The van der Waals surface area contributed by atoms with Gasteiger partial charge in [0.25, 0.3) is 0 Å². The standard InChI is InChI=1S/C14H26N4O2S/c1-12-4-2-5-13(7-6-12)17-21(19,20)14-10-16-18(11-14)9-3-8-15/h10-13,17H,2-9,15H2,1H3. The summed E-state index contributed by atoms with van der Waals surface area (Å²) in [7, 11) is -3.46. The van der Waals surface area contributed by atoms with Crippen LogP contribution in [0.3, 0.4) is 0 Å². The molecule has 0 radical (unpaired) electrons. The molecule has 0 aliphatic heterocycles. The highest BCUT2D eigenvalue weighted by Gasteiger charge is 2.23. The molecule has 7 heteroatoms. The van der Waals surface area contributed by atoms with E-state index in [1.54, 1.807) is 10.9 Å². The molecular weight excluding hydrogens is 288 g/mol. The van der Waals surface area contributed by atoms with Gasteiger partial charge in [-0.1, -0.05) is 19.8 Å². The molecule has 120 valence electrons. The van der Waals surface area contributed by atoms with Gasteiger partial charge in [0, 0.05) is 18.8 Å². The van der Waals surface area contributed by atoms with Crippen molar-refractivity contribution >= 4 is 10.0 Å². The van der Waals surface area contributed by atoms with E-state index < -0.39 is 10.0 Å². The van der Waals surface area contributed by atoms with Crippen LogP contribution in [0.5, 0.6) is 0 Å². The van der Waals surface area contributed by atoms with Gasteiger partial charge in [-0.25, -0.2) is 13.1 Å². The fraction of sp³-hybridized carbons (Fsp3) is 0.786. The van der Waals surface area contributed by atoms with E-state index in [-0.39, 0.29) is 10.9 Å². The van der Waals surface area contributed by atoms with Crippen molar-refractivity contribution < 1.29 is 8.42 Å². The molecule has 6 nitrogen and oxygen atoms in total. The summed E-state index contributed by atoms with van der Waals surface area (Å²) in [5.41, 5.74) is 5.45. The second kappa shape index (κ2) is 7.38. The van der Waals surface area contributed by atoms with E-state index in [0.717, 1.165) is 32.1 Å². The summed E-state index contributed by atoms with van der Waals surface area (Å²) in [6.07, 6.45) is 8.99. The molecule has 2 atom stereocenters. The lowest BCUT2D eigenvalue weighted by atomic mass is 10.0. The molecule has 1 aromatic rings. The number of aromatic nitrogens is 2. The van der Waals surface area contributed by atoms with Crippen LogP contribution in [0.1, 0.15) is 45.4 Å². The summed E-state index contributed by atoms with van der Waals surface area (Å²) in [5.74, 6) is 0.693. The van der Waals surface area contributed by atoms with E-state index in [9.17, 15) is 8.42 Å². The molecule has 1 aliphatic carbocycles. The van der Waals surface area contributed by atoms with Gasteiger partial charge in [-0.3, -0.25) is 4.68 Å². The Bertz CT molecular complexity index is 541. The zero-order chi connectivity index (χ0) is 15.3. The highest BCUT2D eigenvalue weighted by Crippen LogP contribution is 2.23. The van der Waals surface area contributed by atoms with E-state index in [1.165, 1.54) is 12.6 Å². The Hall–Kier alpha value is -0.920. The molecule has 2 unspecified atom stereocenters. The first kappa shape index (κ1) is 16.5. The van der Waals surface area contributed by atoms with Crippen molar-refractivity contribution in [2.24, 2.45) is 11.7 Å². The molecule has 1 aliphatic rings. The van der Waals surface area contributed by atoms with Crippen molar-refractivity contribution in [2.75, 3.05) is 6.54 Å². The summed E-state index contributed by atoms with van der Waals surface area (Å²) < 4.78 is 29.3. The number of rotatable bonds is 6. The smallest absolute Gasteiger partial charge is 0.243 e. The second-order valence-electron chi connectivity index (χ2n) is 6.01. The lowest BCUT2D eigenvalue weighted by molar-refractivity contribution is 0.484. The first-order chi connectivity index (χ1) is 10.0. The molecule has 0 saturated heterocycles. The molecule has 1 fully saturated rings. The summed E-state index contributed by atoms with van der Waals surface area (Å²) in [6.45, 7) is 3.45. The highest BCUT2D eigenvalue weighted by molar-refractivity contribution is 7.89. The van der Waals surface area contributed by atoms with Crippen LogP contribution < -0.4 is 10.5 Å². The Kier molecular flexibility index (Phi) is 5.78. The van der Waals surface area contributed by atoms with Gasteiger partial charge in [0.05, 0.1) is 6.20 Å². The molecule has 1 saturated carbocycles. The van der Waals surface area contributed by atoms with Crippen molar-refractivity contribution in [3.05, 3.63) is 12.4 Å². The van der Waals surface area contributed by atoms with Crippen LogP contribution in [0.25, 0.3) is 0 Å². The van der Waals surface area contributed by atoms with Gasteiger partial charge in [-0.2, -0.15) is 5.10 Å². The van der Waals surface area contributed by atoms with Crippen molar-refractivity contribution in [2.45, 2.75) is 62.9 Å². The van der Waals surface area contributed by atoms with Gasteiger partial charge < -0.3 is 5.73 Å². The van der Waals surface area contributed by atoms with Crippen LogP contribution in [-0.4, -0.2) is 30.8 Å². The maximum Gasteiger partial charge on any atom is 0.243 e. The molecule has 21 heavy (non-hydrogen) atoms.